The standard InChI is InChI=1S/C12H10.C2H8N2O/c1-3-7-11(8-4-1)12-9-5-2-6-10-12;3-1-5-2-4/h1-10H;1-4H2. The monoisotopic (exact) mass is 230 g/mol. The highest BCUT2D eigenvalue weighted by Gasteiger charge is 1.91. The number of hydrogen-bond acceptors (Lipinski definition) is 3. The fourth-order valence-corrected chi connectivity index (χ4v) is 1.33. The maximum atomic E-state index is 4.84. The Morgan fingerprint density at radius 2 is 1.00 bits per heavy atom. The average Bonchev–Trinajstić information content (AvgIpc) is 2.42. The zero-order valence-corrected chi connectivity index (χ0v) is 9.75. The molecule has 0 aliphatic carbocycles. The molecule has 0 saturated heterocycles. The lowest BCUT2D eigenvalue weighted by molar-refractivity contribution is 0.148. The van der Waals surface area contributed by atoms with E-state index in [9.17, 15) is 0 Å². The van der Waals surface area contributed by atoms with Gasteiger partial charge < -0.3 is 16.2 Å². The van der Waals surface area contributed by atoms with Crippen molar-refractivity contribution in [2.45, 2.75) is 0 Å². The van der Waals surface area contributed by atoms with Crippen molar-refractivity contribution in [3.05, 3.63) is 60.7 Å². The molecule has 2 aromatic carbocycles. The Morgan fingerprint density at radius 3 is 1.24 bits per heavy atom. The number of hydrogen-bond donors (Lipinski definition) is 2. The third-order valence-corrected chi connectivity index (χ3v) is 2.12. The molecule has 90 valence electrons. The first-order valence-corrected chi connectivity index (χ1v) is 5.47. The second-order valence-electron chi connectivity index (χ2n) is 3.27. The van der Waals surface area contributed by atoms with Gasteiger partial charge in [-0.3, -0.25) is 0 Å². The predicted molar refractivity (Wildman–Crippen MR) is 71.1 cm³/mol. The van der Waals surface area contributed by atoms with Crippen LogP contribution in [0.4, 0.5) is 0 Å². The van der Waals surface area contributed by atoms with Crippen LogP contribution in [-0.4, -0.2) is 13.5 Å². The molecule has 3 heteroatoms. The Kier molecular flexibility index (Phi) is 6.67. The van der Waals surface area contributed by atoms with Gasteiger partial charge in [0.1, 0.15) is 0 Å². The van der Waals surface area contributed by atoms with Gasteiger partial charge >= 0.3 is 0 Å². The molecule has 0 atom stereocenters. The molecule has 0 saturated carbocycles. The number of nitrogens with two attached hydrogens (primary N) is 2. The van der Waals surface area contributed by atoms with Gasteiger partial charge in [-0.1, -0.05) is 60.7 Å². The minimum Gasteiger partial charge on any atom is -0.352 e. The summed E-state index contributed by atoms with van der Waals surface area (Å²) < 4.78 is 4.39. The van der Waals surface area contributed by atoms with Crippen molar-refractivity contribution in [2.24, 2.45) is 11.5 Å². The van der Waals surface area contributed by atoms with Gasteiger partial charge in [-0.15, -0.1) is 0 Å². The number of benzene rings is 2. The van der Waals surface area contributed by atoms with Crippen LogP contribution in [0.25, 0.3) is 11.1 Å². The topological polar surface area (TPSA) is 61.3 Å². The summed E-state index contributed by atoms with van der Waals surface area (Å²) in [4.78, 5) is 0. The summed E-state index contributed by atoms with van der Waals surface area (Å²) in [7, 11) is 0. The second-order valence-corrected chi connectivity index (χ2v) is 3.27. The Hall–Kier alpha value is -1.68. The van der Waals surface area contributed by atoms with Crippen LogP contribution in [0.5, 0.6) is 0 Å². The summed E-state index contributed by atoms with van der Waals surface area (Å²) >= 11 is 0. The normalized spacial score (nSPS) is 9.29. The maximum Gasteiger partial charge on any atom is 0.0958 e. The van der Waals surface area contributed by atoms with Gasteiger partial charge in [0.05, 0.1) is 13.5 Å². The molecular weight excluding hydrogens is 212 g/mol. The van der Waals surface area contributed by atoms with E-state index in [4.69, 9.17) is 11.5 Å². The van der Waals surface area contributed by atoms with Crippen LogP contribution in [0.1, 0.15) is 0 Å². The molecule has 0 heterocycles. The summed E-state index contributed by atoms with van der Waals surface area (Å²) in [6.45, 7) is 0.438. The molecule has 0 aromatic heterocycles. The zero-order chi connectivity index (χ0) is 12.3. The number of ether oxygens (including phenoxy) is 1. The van der Waals surface area contributed by atoms with Crippen LogP contribution >= 0.6 is 0 Å². The van der Waals surface area contributed by atoms with E-state index >= 15 is 0 Å². The Labute approximate surface area is 102 Å². The second kappa shape index (κ2) is 8.47. The van der Waals surface area contributed by atoms with E-state index in [0.29, 0.717) is 0 Å². The summed E-state index contributed by atoms with van der Waals surface area (Å²) in [6, 6.07) is 20.8. The molecule has 17 heavy (non-hydrogen) atoms. The van der Waals surface area contributed by atoms with E-state index in [1.165, 1.54) is 11.1 Å². The third-order valence-electron chi connectivity index (χ3n) is 2.12. The van der Waals surface area contributed by atoms with Crippen LogP contribution in [0.15, 0.2) is 60.7 Å². The molecular formula is C14H18N2O. The molecule has 0 bridgehead atoms. The largest absolute Gasteiger partial charge is 0.352 e. The SMILES string of the molecule is NCOCN.c1ccc(-c2ccccc2)cc1. The predicted octanol–water partition coefficient (Wildman–Crippen LogP) is 2.19. The van der Waals surface area contributed by atoms with Gasteiger partial charge in [-0.05, 0) is 11.1 Å². The van der Waals surface area contributed by atoms with Crippen LogP contribution in [0, 0.1) is 0 Å². The molecule has 2 aromatic rings. The van der Waals surface area contributed by atoms with Crippen molar-refractivity contribution < 1.29 is 4.74 Å². The third kappa shape index (κ3) is 5.26. The molecule has 0 unspecified atom stereocenters. The van der Waals surface area contributed by atoms with Gasteiger partial charge in [-0.25, -0.2) is 0 Å². The van der Waals surface area contributed by atoms with Crippen molar-refractivity contribution in [1.82, 2.24) is 0 Å². The fraction of sp³-hybridized carbons (Fsp3) is 0.143. The first-order chi connectivity index (χ1) is 8.38. The Bertz CT molecular complexity index is 350. The van der Waals surface area contributed by atoms with Crippen LogP contribution in [0.3, 0.4) is 0 Å². The van der Waals surface area contributed by atoms with Gasteiger partial charge in [0.15, 0.2) is 0 Å². The summed E-state index contributed by atoms with van der Waals surface area (Å²) in [5, 5.41) is 0. The molecule has 0 radical (unpaired) electrons. The van der Waals surface area contributed by atoms with Crippen molar-refractivity contribution in [3.63, 3.8) is 0 Å². The highest BCUT2D eigenvalue weighted by Crippen LogP contribution is 2.17. The van der Waals surface area contributed by atoms with Crippen LogP contribution in [0.2, 0.25) is 0 Å². The summed E-state index contributed by atoms with van der Waals surface area (Å²) in [5.41, 5.74) is 12.2. The Balaban J connectivity index is 0.000000249. The van der Waals surface area contributed by atoms with Crippen molar-refractivity contribution >= 4 is 0 Å². The fourth-order valence-electron chi connectivity index (χ4n) is 1.33. The number of rotatable bonds is 3. The van der Waals surface area contributed by atoms with E-state index in [-0.39, 0.29) is 13.5 Å². The van der Waals surface area contributed by atoms with E-state index in [0.717, 1.165) is 0 Å². The molecule has 0 aliphatic heterocycles. The highest BCUT2D eigenvalue weighted by molar-refractivity contribution is 5.62. The quantitative estimate of drug-likeness (QED) is 0.794. The molecule has 2 rings (SSSR count). The molecule has 3 nitrogen and oxygen atoms in total. The average molecular weight is 230 g/mol. The van der Waals surface area contributed by atoms with Crippen LogP contribution in [-0.2, 0) is 4.74 Å². The first-order valence-electron chi connectivity index (χ1n) is 5.47. The molecule has 0 amide bonds. The van der Waals surface area contributed by atoms with Gasteiger partial charge in [0.25, 0.3) is 0 Å². The van der Waals surface area contributed by atoms with E-state index in [1.807, 2.05) is 12.1 Å². The maximum absolute atomic E-state index is 4.84. The van der Waals surface area contributed by atoms with E-state index in [2.05, 4.69) is 53.3 Å². The Morgan fingerprint density at radius 1 is 0.647 bits per heavy atom. The summed E-state index contributed by atoms with van der Waals surface area (Å²) in [6.07, 6.45) is 0. The lowest BCUT2D eigenvalue weighted by atomic mass is 10.1. The molecule has 0 spiro atoms. The minimum absolute atomic E-state index is 0.219. The smallest absolute Gasteiger partial charge is 0.0958 e. The van der Waals surface area contributed by atoms with Crippen molar-refractivity contribution in [2.75, 3.05) is 13.5 Å². The lowest BCUT2D eigenvalue weighted by Gasteiger charge is -1.98. The van der Waals surface area contributed by atoms with Crippen molar-refractivity contribution in [3.8, 4) is 11.1 Å². The first kappa shape index (κ1) is 13.4. The lowest BCUT2D eigenvalue weighted by Crippen LogP contribution is -2.10. The molecule has 0 aliphatic rings. The summed E-state index contributed by atoms with van der Waals surface area (Å²) in [5.74, 6) is 0. The van der Waals surface area contributed by atoms with Gasteiger partial charge in [-0.2, -0.15) is 0 Å². The highest BCUT2D eigenvalue weighted by atomic mass is 16.5. The zero-order valence-electron chi connectivity index (χ0n) is 9.75. The van der Waals surface area contributed by atoms with Crippen molar-refractivity contribution in [1.29, 1.82) is 0 Å². The van der Waals surface area contributed by atoms with E-state index in [1.54, 1.807) is 0 Å². The van der Waals surface area contributed by atoms with Gasteiger partial charge in [0, 0.05) is 0 Å². The van der Waals surface area contributed by atoms with Crippen LogP contribution < -0.4 is 11.5 Å². The van der Waals surface area contributed by atoms with Gasteiger partial charge in [0.2, 0.25) is 0 Å². The molecule has 0 fully saturated rings. The van der Waals surface area contributed by atoms with E-state index < -0.39 is 0 Å². The minimum atomic E-state index is 0.219. The molecule has 4 N–H and O–H groups in total.